The second-order valence-electron chi connectivity index (χ2n) is 5.67. The summed E-state index contributed by atoms with van der Waals surface area (Å²) in [6.07, 6.45) is 1.57. The lowest BCUT2D eigenvalue weighted by Gasteiger charge is -2.10. The molecule has 0 aliphatic rings. The smallest absolute Gasteiger partial charge is 0.268 e. The molecule has 0 radical (unpaired) electrons. The van der Waals surface area contributed by atoms with E-state index in [0.717, 1.165) is 11.1 Å². The number of benzene rings is 1. The lowest BCUT2D eigenvalue weighted by atomic mass is 10.1. The van der Waals surface area contributed by atoms with Gasteiger partial charge in [0.05, 0.1) is 12.2 Å². The Balaban J connectivity index is 2.08. The second kappa shape index (κ2) is 6.47. The van der Waals surface area contributed by atoms with E-state index in [1.807, 2.05) is 31.2 Å². The van der Waals surface area contributed by atoms with Crippen LogP contribution in [0.25, 0.3) is 11.3 Å². The molecule has 0 atom stereocenters. The summed E-state index contributed by atoms with van der Waals surface area (Å²) in [6.45, 7) is 4.16. The Bertz CT molecular complexity index is 981. The largest absolute Gasteiger partial charge is 0.270 e. The molecule has 0 spiro atoms. The Morgan fingerprint density at radius 2 is 1.92 bits per heavy atom. The number of aromatic nitrogens is 3. The maximum atomic E-state index is 12.4. The van der Waals surface area contributed by atoms with Gasteiger partial charge in [0, 0.05) is 17.3 Å². The topological polar surface area (TPSA) is 71.6 Å². The molecule has 0 unspecified atom stereocenters. The summed E-state index contributed by atoms with van der Waals surface area (Å²) >= 11 is 0. The van der Waals surface area contributed by atoms with Gasteiger partial charge in [0.2, 0.25) is 0 Å². The predicted molar refractivity (Wildman–Crippen MR) is 91.5 cm³/mol. The highest BCUT2D eigenvalue weighted by Gasteiger charge is 2.11. The Hall–Kier alpha value is -3.26. The maximum Gasteiger partial charge on any atom is 0.270 e. The third-order valence-corrected chi connectivity index (χ3v) is 3.80. The van der Waals surface area contributed by atoms with E-state index in [-0.39, 0.29) is 5.56 Å². The number of nitriles is 1. The zero-order valence-corrected chi connectivity index (χ0v) is 13.5. The summed E-state index contributed by atoms with van der Waals surface area (Å²) in [6, 6.07) is 15.3. The molecule has 0 saturated carbocycles. The van der Waals surface area contributed by atoms with Gasteiger partial charge in [-0.2, -0.15) is 10.4 Å². The fraction of sp³-hybridized carbons (Fsp3) is 0.158. The van der Waals surface area contributed by atoms with Gasteiger partial charge in [-0.25, -0.2) is 9.67 Å². The van der Waals surface area contributed by atoms with Crippen LogP contribution in [0.5, 0.6) is 0 Å². The average Bonchev–Trinajstić information content (AvgIpc) is 2.60. The van der Waals surface area contributed by atoms with Crippen LogP contribution in [0.3, 0.4) is 0 Å². The van der Waals surface area contributed by atoms with Crippen molar-refractivity contribution in [2.75, 3.05) is 0 Å². The molecule has 118 valence electrons. The molecule has 2 aromatic heterocycles. The van der Waals surface area contributed by atoms with Gasteiger partial charge < -0.3 is 0 Å². The van der Waals surface area contributed by atoms with Gasteiger partial charge in [0.25, 0.3) is 5.56 Å². The van der Waals surface area contributed by atoms with Crippen molar-refractivity contribution < 1.29 is 0 Å². The first-order chi connectivity index (χ1) is 11.6. The number of aryl methyl sites for hydroxylation is 2. The van der Waals surface area contributed by atoms with Gasteiger partial charge in [-0.15, -0.1) is 0 Å². The Kier molecular flexibility index (Phi) is 4.21. The van der Waals surface area contributed by atoms with Crippen molar-refractivity contribution in [2.24, 2.45) is 0 Å². The van der Waals surface area contributed by atoms with Crippen molar-refractivity contribution in [1.82, 2.24) is 14.8 Å². The van der Waals surface area contributed by atoms with Crippen LogP contribution in [0.1, 0.15) is 22.4 Å². The summed E-state index contributed by atoms with van der Waals surface area (Å²) in [5.74, 6) is 0. The molecular formula is C19H16N4O. The zero-order valence-electron chi connectivity index (χ0n) is 13.5. The van der Waals surface area contributed by atoms with E-state index in [4.69, 9.17) is 0 Å². The third kappa shape index (κ3) is 3.08. The number of nitrogens with zero attached hydrogens (tertiary/aromatic N) is 4. The standard InChI is InChI=1S/C19H16N4O/c1-13-5-7-15(8-6-13)12-23-19(24)14(2)10-17(22-23)16-4-3-9-21-18(16)11-20/h3-10H,12H2,1-2H3. The van der Waals surface area contributed by atoms with Crippen LogP contribution in [0, 0.1) is 25.2 Å². The maximum absolute atomic E-state index is 12.4. The lowest BCUT2D eigenvalue weighted by molar-refractivity contribution is 0.637. The fourth-order valence-electron chi connectivity index (χ4n) is 2.48. The Morgan fingerprint density at radius 1 is 1.17 bits per heavy atom. The summed E-state index contributed by atoms with van der Waals surface area (Å²) in [4.78, 5) is 16.5. The average molecular weight is 316 g/mol. The Morgan fingerprint density at radius 3 is 2.62 bits per heavy atom. The molecular weight excluding hydrogens is 300 g/mol. The first-order valence-electron chi connectivity index (χ1n) is 7.58. The van der Waals surface area contributed by atoms with E-state index >= 15 is 0 Å². The molecule has 0 saturated heterocycles. The molecule has 5 nitrogen and oxygen atoms in total. The van der Waals surface area contributed by atoms with Crippen molar-refractivity contribution in [3.05, 3.63) is 81.4 Å². The van der Waals surface area contributed by atoms with Crippen LogP contribution in [0.15, 0.2) is 53.5 Å². The van der Waals surface area contributed by atoms with Gasteiger partial charge in [-0.1, -0.05) is 29.8 Å². The Labute approximate surface area is 139 Å². The van der Waals surface area contributed by atoms with Crippen molar-refractivity contribution in [3.63, 3.8) is 0 Å². The molecule has 0 amide bonds. The molecule has 0 fully saturated rings. The van der Waals surface area contributed by atoms with E-state index in [1.54, 1.807) is 31.3 Å². The summed E-state index contributed by atoms with van der Waals surface area (Å²) in [7, 11) is 0. The SMILES string of the molecule is Cc1ccc(Cn2nc(-c3cccnc3C#N)cc(C)c2=O)cc1. The van der Waals surface area contributed by atoms with E-state index in [1.165, 1.54) is 4.68 Å². The molecule has 5 heteroatoms. The van der Waals surface area contributed by atoms with Gasteiger partial charge in [-0.05, 0) is 37.6 Å². The quantitative estimate of drug-likeness (QED) is 0.745. The summed E-state index contributed by atoms with van der Waals surface area (Å²) in [5.41, 5.74) is 4.10. The summed E-state index contributed by atoms with van der Waals surface area (Å²) < 4.78 is 1.43. The molecule has 1 aromatic carbocycles. The van der Waals surface area contributed by atoms with Crippen LogP contribution in [0.4, 0.5) is 0 Å². The number of hydrogen-bond donors (Lipinski definition) is 0. The van der Waals surface area contributed by atoms with E-state index in [0.29, 0.717) is 29.1 Å². The minimum atomic E-state index is -0.137. The monoisotopic (exact) mass is 316 g/mol. The van der Waals surface area contributed by atoms with Crippen molar-refractivity contribution in [2.45, 2.75) is 20.4 Å². The highest BCUT2D eigenvalue weighted by molar-refractivity contribution is 5.64. The van der Waals surface area contributed by atoms with E-state index in [9.17, 15) is 10.1 Å². The van der Waals surface area contributed by atoms with Crippen molar-refractivity contribution >= 4 is 0 Å². The number of pyridine rings is 1. The van der Waals surface area contributed by atoms with Crippen LogP contribution in [-0.2, 0) is 6.54 Å². The highest BCUT2D eigenvalue weighted by atomic mass is 16.1. The number of rotatable bonds is 3. The van der Waals surface area contributed by atoms with Gasteiger partial charge in [0.1, 0.15) is 11.8 Å². The van der Waals surface area contributed by atoms with Gasteiger partial charge in [0.15, 0.2) is 0 Å². The molecule has 2 heterocycles. The highest BCUT2D eigenvalue weighted by Crippen LogP contribution is 2.19. The minimum absolute atomic E-state index is 0.137. The van der Waals surface area contributed by atoms with Crippen molar-refractivity contribution in [3.8, 4) is 17.3 Å². The van der Waals surface area contributed by atoms with Crippen LogP contribution >= 0.6 is 0 Å². The van der Waals surface area contributed by atoms with E-state index in [2.05, 4.69) is 16.2 Å². The van der Waals surface area contributed by atoms with Crippen LogP contribution < -0.4 is 5.56 Å². The van der Waals surface area contributed by atoms with Crippen LogP contribution in [0.2, 0.25) is 0 Å². The van der Waals surface area contributed by atoms with Crippen molar-refractivity contribution in [1.29, 1.82) is 5.26 Å². The zero-order chi connectivity index (χ0) is 17.1. The molecule has 0 bridgehead atoms. The summed E-state index contributed by atoms with van der Waals surface area (Å²) in [5, 5.41) is 13.7. The van der Waals surface area contributed by atoms with E-state index < -0.39 is 0 Å². The molecule has 0 aliphatic heterocycles. The van der Waals surface area contributed by atoms with Crippen LogP contribution in [-0.4, -0.2) is 14.8 Å². The normalized spacial score (nSPS) is 10.4. The van der Waals surface area contributed by atoms with Gasteiger partial charge >= 0.3 is 0 Å². The lowest BCUT2D eigenvalue weighted by Crippen LogP contribution is -2.26. The third-order valence-electron chi connectivity index (χ3n) is 3.80. The first-order valence-corrected chi connectivity index (χ1v) is 7.58. The molecule has 24 heavy (non-hydrogen) atoms. The fourth-order valence-corrected chi connectivity index (χ4v) is 2.48. The second-order valence-corrected chi connectivity index (χ2v) is 5.67. The molecule has 0 aliphatic carbocycles. The predicted octanol–water partition coefficient (Wildman–Crippen LogP) is 2.84. The minimum Gasteiger partial charge on any atom is -0.268 e. The molecule has 0 N–H and O–H groups in total. The first kappa shape index (κ1) is 15.6. The number of hydrogen-bond acceptors (Lipinski definition) is 4. The molecule has 3 rings (SSSR count). The molecule has 3 aromatic rings. The van der Waals surface area contributed by atoms with Gasteiger partial charge in [-0.3, -0.25) is 4.79 Å².